The van der Waals surface area contributed by atoms with E-state index in [0.29, 0.717) is 13.0 Å². The molecule has 4 nitrogen and oxygen atoms in total. The molecule has 1 aromatic carbocycles. The van der Waals surface area contributed by atoms with Crippen molar-refractivity contribution in [2.75, 3.05) is 18.0 Å². The van der Waals surface area contributed by atoms with E-state index in [1.165, 1.54) is 0 Å². The lowest BCUT2D eigenvalue weighted by Gasteiger charge is -2.19. The van der Waals surface area contributed by atoms with Crippen LogP contribution in [0.2, 0.25) is 0 Å². The van der Waals surface area contributed by atoms with Gasteiger partial charge in [-0.1, -0.05) is 23.5 Å². The van der Waals surface area contributed by atoms with Gasteiger partial charge in [0, 0.05) is 13.1 Å². The van der Waals surface area contributed by atoms with E-state index in [0.717, 1.165) is 21.9 Å². The molecular weight excluding hydrogens is 248 g/mol. The second kappa shape index (κ2) is 3.95. The van der Waals surface area contributed by atoms with E-state index in [2.05, 4.69) is 9.88 Å². The number of aromatic nitrogens is 1. The maximum absolute atomic E-state index is 11.2. The molecule has 1 aliphatic heterocycles. The number of rotatable bonds is 2. The Morgan fingerprint density at radius 2 is 2.28 bits per heavy atom. The van der Waals surface area contributed by atoms with Gasteiger partial charge in [0.1, 0.15) is 0 Å². The van der Waals surface area contributed by atoms with E-state index >= 15 is 0 Å². The highest BCUT2D eigenvalue weighted by atomic mass is 32.1. The summed E-state index contributed by atoms with van der Waals surface area (Å²) in [6.07, 6.45) is 0.679. The number of carbonyl (C=O) groups is 1. The third-order valence-electron chi connectivity index (χ3n) is 3.54. The Morgan fingerprint density at radius 3 is 2.94 bits per heavy atom. The van der Waals surface area contributed by atoms with Gasteiger partial charge < -0.3 is 10.0 Å². The Bertz CT molecular complexity index is 577. The second-order valence-electron chi connectivity index (χ2n) is 5.00. The minimum atomic E-state index is -0.717. The molecule has 5 heteroatoms. The first-order valence-corrected chi connectivity index (χ1v) is 6.74. The highest BCUT2D eigenvalue weighted by Gasteiger charge is 2.41. The van der Waals surface area contributed by atoms with Crippen LogP contribution in [0.3, 0.4) is 0 Å². The average molecular weight is 262 g/mol. The van der Waals surface area contributed by atoms with Crippen LogP contribution in [0, 0.1) is 5.41 Å². The zero-order valence-electron chi connectivity index (χ0n) is 10.1. The number of para-hydroxylation sites is 1. The van der Waals surface area contributed by atoms with E-state index in [-0.39, 0.29) is 0 Å². The number of fused-ring (bicyclic) bond motifs is 1. The first-order valence-electron chi connectivity index (χ1n) is 5.92. The van der Waals surface area contributed by atoms with Crippen molar-refractivity contribution in [1.82, 2.24) is 4.98 Å². The quantitative estimate of drug-likeness (QED) is 0.904. The molecule has 1 atom stereocenters. The number of hydrogen-bond acceptors (Lipinski definition) is 4. The van der Waals surface area contributed by atoms with Crippen LogP contribution in [0.15, 0.2) is 24.3 Å². The molecule has 94 valence electrons. The summed E-state index contributed by atoms with van der Waals surface area (Å²) in [6, 6.07) is 8.00. The molecule has 1 aromatic heterocycles. The standard InChI is InChI=1S/C13H14N2O2S/c1-13(11(16)17)6-7-15(8-13)12-14-9-4-2-3-5-10(9)18-12/h2-5H,6-8H2,1H3,(H,16,17). The lowest BCUT2D eigenvalue weighted by Crippen LogP contribution is -2.31. The van der Waals surface area contributed by atoms with Gasteiger partial charge in [-0.25, -0.2) is 4.98 Å². The highest BCUT2D eigenvalue weighted by Crippen LogP contribution is 2.36. The fourth-order valence-electron chi connectivity index (χ4n) is 2.29. The number of benzene rings is 1. The number of anilines is 1. The van der Waals surface area contributed by atoms with Crippen LogP contribution < -0.4 is 4.90 Å². The van der Waals surface area contributed by atoms with Crippen LogP contribution in [0.25, 0.3) is 10.2 Å². The number of nitrogens with zero attached hydrogens (tertiary/aromatic N) is 2. The SMILES string of the molecule is CC1(C(=O)O)CCN(c2nc3ccccc3s2)C1. The summed E-state index contributed by atoms with van der Waals surface area (Å²) in [5.41, 5.74) is 0.346. The number of thiazole rings is 1. The van der Waals surface area contributed by atoms with Crippen LogP contribution in [0.5, 0.6) is 0 Å². The van der Waals surface area contributed by atoms with Crippen LogP contribution in [0.1, 0.15) is 13.3 Å². The molecule has 3 rings (SSSR count). The van der Waals surface area contributed by atoms with E-state index in [1.54, 1.807) is 11.3 Å². The van der Waals surface area contributed by atoms with Crippen LogP contribution >= 0.6 is 11.3 Å². The van der Waals surface area contributed by atoms with E-state index < -0.39 is 11.4 Å². The maximum atomic E-state index is 11.2. The Labute approximate surface area is 109 Å². The van der Waals surface area contributed by atoms with Crippen LogP contribution in [0.4, 0.5) is 5.13 Å². The molecular formula is C13H14N2O2S. The fraction of sp³-hybridized carbons (Fsp3) is 0.385. The van der Waals surface area contributed by atoms with Gasteiger partial charge in [0.15, 0.2) is 5.13 Å². The Kier molecular flexibility index (Phi) is 2.52. The zero-order valence-corrected chi connectivity index (χ0v) is 10.9. The lowest BCUT2D eigenvalue weighted by molar-refractivity contribution is -0.146. The van der Waals surface area contributed by atoms with E-state index in [9.17, 15) is 9.90 Å². The molecule has 18 heavy (non-hydrogen) atoms. The first-order chi connectivity index (χ1) is 8.58. The lowest BCUT2D eigenvalue weighted by atomic mass is 9.90. The maximum Gasteiger partial charge on any atom is 0.311 e. The van der Waals surface area contributed by atoms with Gasteiger partial charge in [0.2, 0.25) is 0 Å². The Balaban J connectivity index is 1.90. The van der Waals surface area contributed by atoms with E-state index in [4.69, 9.17) is 0 Å². The van der Waals surface area contributed by atoms with Gasteiger partial charge in [0.25, 0.3) is 0 Å². The average Bonchev–Trinajstić information content (AvgIpc) is 2.92. The minimum absolute atomic E-state index is 0.544. The predicted octanol–water partition coefficient (Wildman–Crippen LogP) is 2.60. The van der Waals surface area contributed by atoms with Crippen LogP contribution in [-0.2, 0) is 4.79 Å². The smallest absolute Gasteiger partial charge is 0.311 e. The van der Waals surface area contributed by atoms with Crippen molar-refractivity contribution in [2.24, 2.45) is 5.41 Å². The molecule has 2 aromatic rings. The highest BCUT2D eigenvalue weighted by molar-refractivity contribution is 7.22. The number of carboxylic acid groups (broad SMARTS) is 1. The number of carboxylic acids is 1. The van der Waals surface area contributed by atoms with Crippen molar-refractivity contribution < 1.29 is 9.90 Å². The van der Waals surface area contributed by atoms with Crippen molar-refractivity contribution in [3.8, 4) is 0 Å². The normalized spacial score (nSPS) is 23.7. The third-order valence-corrected chi connectivity index (χ3v) is 4.64. The fourth-order valence-corrected chi connectivity index (χ4v) is 3.28. The number of aliphatic carboxylic acids is 1. The number of hydrogen-bond donors (Lipinski definition) is 1. The second-order valence-corrected chi connectivity index (χ2v) is 6.01. The third kappa shape index (κ3) is 1.75. The molecule has 1 unspecified atom stereocenters. The predicted molar refractivity (Wildman–Crippen MR) is 72.2 cm³/mol. The molecule has 0 saturated carbocycles. The van der Waals surface area contributed by atoms with E-state index in [1.807, 2.05) is 31.2 Å². The summed E-state index contributed by atoms with van der Waals surface area (Å²) in [6.45, 7) is 3.12. The van der Waals surface area contributed by atoms with Crippen molar-refractivity contribution in [3.05, 3.63) is 24.3 Å². The summed E-state index contributed by atoms with van der Waals surface area (Å²) in [5.74, 6) is -0.717. The zero-order chi connectivity index (χ0) is 12.8. The summed E-state index contributed by atoms with van der Waals surface area (Å²) < 4.78 is 1.15. The monoisotopic (exact) mass is 262 g/mol. The van der Waals surface area contributed by atoms with Gasteiger partial charge >= 0.3 is 5.97 Å². The molecule has 1 N–H and O–H groups in total. The van der Waals surface area contributed by atoms with Gasteiger partial charge in [-0.05, 0) is 25.5 Å². The molecule has 0 amide bonds. The molecule has 2 heterocycles. The summed E-state index contributed by atoms with van der Waals surface area (Å²) in [4.78, 5) is 17.9. The molecule has 0 aliphatic carbocycles. The topological polar surface area (TPSA) is 53.4 Å². The first kappa shape index (κ1) is 11.5. The van der Waals surface area contributed by atoms with Crippen LogP contribution in [-0.4, -0.2) is 29.1 Å². The molecule has 0 bridgehead atoms. The minimum Gasteiger partial charge on any atom is -0.481 e. The molecule has 1 fully saturated rings. The molecule has 0 radical (unpaired) electrons. The molecule has 1 aliphatic rings. The van der Waals surface area contributed by atoms with Crippen molar-refractivity contribution in [2.45, 2.75) is 13.3 Å². The Hall–Kier alpha value is -1.62. The molecule has 1 saturated heterocycles. The van der Waals surface area contributed by atoms with Crippen molar-refractivity contribution in [1.29, 1.82) is 0 Å². The van der Waals surface area contributed by atoms with Gasteiger partial charge in [0.05, 0.1) is 15.6 Å². The van der Waals surface area contributed by atoms with Crippen molar-refractivity contribution >= 4 is 32.7 Å². The molecule has 0 spiro atoms. The summed E-state index contributed by atoms with van der Waals surface area (Å²) >= 11 is 1.63. The largest absolute Gasteiger partial charge is 0.481 e. The summed E-state index contributed by atoms with van der Waals surface area (Å²) in [5, 5.41) is 10.2. The summed E-state index contributed by atoms with van der Waals surface area (Å²) in [7, 11) is 0. The van der Waals surface area contributed by atoms with Gasteiger partial charge in [-0.15, -0.1) is 0 Å². The Morgan fingerprint density at radius 1 is 1.50 bits per heavy atom. The van der Waals surface area contributed by atoms with Gasteiger partial charge in [-0.2, -0.15) is 0 Å². The van der Waals surface area contributed by atoms with Gasteiger partial charge in [-0.3, -0.25) is 4.79 Å². The van der Waals surface area contributed by atoms with Crippen molar-refractivity contribution in [3.63, 3.8) is 0 Å².